The second-order valence-corrected chi connectivity index (χ2v) is 6.69. The van der Waals surface area contributed by atoms with Crippen molar-refractivity contribution in [3.05, 3.63) is 35.4 Å². The van der Waals surface area contributed by atoms with E-state index in [4.69, 9.17) is 0 Å². The normalized spacial score (nSPS) is 13.6. The molecule has 0 heterocycles. The van der Waals surface area contributed by atoms with Crippen LogP contribution in [0.15, 0.2) is 24.3 Å². The first kappa shape index (κ1) is 18.5. The Bertz CT molecular complexity index is 527. The third kappa shape index (κ3) is 5.66. The Morgan fingerprint density at radius 3 is 2.12 bits per heavy atom. The number of carbonyl (C=O) groups is 2. The zero-order valence-corrected chi connectivity index (χ0v) is 15.0. The molecule has 1 N–H and O–H groups in total. The second-order valence-electron chi connectivity index (χ2n) is 6.69. The van der Waals surface area contributed by atoms with Crippen LogP contribution in [0.5, 0.6) is 0 Å². The summed E-state index contributed by atoms with van der Waals surface area (Å²) in [5, 5.41) is 2.95. The van der Waals surface area contributed by atoms with Crippen molar-refractivity contribution in [2.75, 3.05) is 13.1 Å². The molecule has 2 rings (SSSR count). The van der Waals surface area contributed by atoms with Crippen LogP contribution in [0.3, 0.4) is 0 Å². The third-order valence-electron chi connectivity index (χ3n) is 4.47. The average molecular weight is 330 g/mol. The molecule has 0 radical (unpaired) electrons. The standard InChI is InChI=1S/C20H30N2O2/c1-3-5-13-22(14-6-4-2)20(24)18-9-7-16(8-10-18)15-21-19(23)17-11-12-17/h7-10,17H,3-6,11-15H2,1-2H3,(H,21,23). The van der Waals surface area contributed by atoms with Gasteiger partial charge in [-0.1, -0.05) is 38.8 Å². The largest absolute Gasteiger partial charge is 0.352 e. The van der Waals surface area contributed by atoms with Gasteiger partial charge in [0.05, 0.1) is 0 Å². The molecule has 1 aliphatic carbocycles. The van der Waals surface area contributed by atoms with Crippen LogP contribution in [0, 0.1) is 5.92 Å². The van der Waals surface area contributed by atoms with E-state index < -0.39 is 0 Å². The number of carbonyl (C=O) groups excluding carboxylic acids is 2. The van der Waals surface area contributed by atoms with E-state index in [1.807, 2.05) is 29.2 Å². The van der Waals surface area contributed by atoms with Crippen LogP contribution < -0.4 is 5.32 Å². The zero-order valence-electron chi connectivity index (χ0n) is 15.0. The van der Waals surface area contributed by atoms with E-state index in [9.17, 15) is 9.59 Å². The van der Waals surface area contributed by atoms with Gasteiger partial charge in [0.25, 0.3) is 5.91 Å². The first-order valence-electron chi connectivity index (χ1n) is 9.31. The van der Waals surface area contributed by atoms with Gasteiger partial charge < -0.3 is 10.2 Å². The summed E-state index contributed by atoms with van der Waals surface area (Å²) in [6.07, 6.45) is 6.31. The minimum atomic E-state index is 0.116. The fraction of sp³-hybridized carbons (Fsp3) is 0.600. The molecule has 1 saturated carbocycles. The maximum absolute atomic E-state index is 12.7. The van der Waals surface area contributed by atoms with E-state index >= 15 is 0 Å². The Balaban J connectivity index is 1.90. The number of nitrogens with one attached hydrogen (secondary N) is 1. The summed E-state index contributed by atoms with van der Waals surface area (Å²) in [4.78, 5) is 26.3. The van der Waals surface area contributed by atoms with Gasteiger partial charge in [-0.25, -0.2) is 0 Å². The molecule has 0 unspecified atom stereocenters. The lowest BCUT2D eigenvalue weighted by Crippen LogP contribution is -2.33. The van der Waals surface area contributed by atoms with Crippen LogP contribution in [-0.2, 0) is 11.3 Å². The van der Waals surface area contributed by atoms with Crippen molar-refractivity contribution in [2.24, 2.45) is 5.92 Å². The average Bonchev–Trinajstić information content (AvgIpc) is 3.45. The number of rotatable bonds is 10. The van der Waals surface area contributed by atoms with Crippen LogP contribution in [0.1, 0.15) is 68.3 Å². The lowest BCUT2D eigenvalue weighted by molar-refractivity contribution is -0.122. The van der Waals surface area contributed by atoms with E-state index in [1.54, 1.807) is 0 Å². The fourth-order valence-corrected chi connectivity index (χ4v) is 2.64. The van der Waals surface area contributed by atoms with Gasteiger partial charge in [-0.05, 0) is 43.4 Å². The third-order valence-corrected chi connectivity index (χ3v) is 4.47. The number of hydrogen-bond acceptors (Lipinski definition) is 2. The van der Waals surface area contributed by atoms with Crippen molar-refractivity contribution in [3.8, 4) is 0 Å². The van der Waals surface area contributed by atoms with Gasteiger partial charge in [-0.2, -0.15) is 0 Å². The Kier molecular flexibility index (Phi) is 7.29. The molecule has 1 fully saturated rings. The predicted molar refractivity (Wildman–Crippen MR) is 96.7 cm³/mol. The van der Waals surface area contributed by atoms with Crippen LogP contribution >= 0.6 is 0 Å². The Hall–Kier alpha value is -1.84. The summed E-state index contributed by atoms with van der Waals surface area (Å²) in [5.74, 6) is 0.502. The highest BCUT2D eigenvalue weighted by Gasteiger charge is 2.29. The number of amides is 2. The molecule has 4 heteroatoms. The quantitative estimate of drug-likeness (QED) is 0.710. The van der Waals surface area contributed by atoms with Crippen LogP contribution in [0.2, 0.25) is 0 Å². The van der Waals surface area contributed by atoms with Gasteiger partial charge in [0.1, 0.15) is 0 Å². The Morgan fingerprint density at radius 2 is 1.62 bits per heavy atom. The molecule has 1 aromatic carbocycles. The maximum Gasteiger partial charge on any atom is 0.253 e. The smallest absolute Gasteiger partial charge is 0.253 e. The van der Waals surface area contributed by atoms with Gasteiger partial charge in [0, 0.05) is 31.1 Å². The predicted octanol–water partition coefficient (Wildman–Crippen LogP) is 3.76. The topological polar surface area (TPSA) is 49.4 Å². The lowest BCUT2D eigenvalue weighted by atomic mass is 10.1. The monoisotopic (exact) mass is 330 g/mol. The van der Waals surface area contributed by atoms with Crippen molar-refractivity contribution in [2.45, 2.75) is 58.9 Å². The van der Waals surface area contributed by atoms with Crippen molar-refractivity contribution in [1.82, 2.24) is 10.2 Å². The van der Waals surface area contributed by atoms with Crippen molar-refractivity contribution >= 4 is 11.8 Å². The summed E-state index contributed by atoms with van der Waals surface area (Å²) >= 11 is 0. The van der Waals surface area contributed by atoms with Crippen LogP contribution in [0.4, 0.5) is 0 Å². The highest BCUT2D eigenvalue weighted by atomic mass is 16.2. The molecule has 0 atom stereocenters. The van der Waals surface area contributed by atoms with Gasteiger partial charge in [0.15, 0.2) is 0 Å². The number of unbranched alkanes of at least 4 members (excludes halogenated alkanes) is 2. The number of nitrogens with zero attached hydrogens (tertiary/aromatic N) is 1. The highest BCUT2D eigenvalue weighted by molar-refractivity contribution is 5.94. The van der Waals surface area contributed by atoms with Gasteiger partial charge >= 0.3 is 0 Å². The fourth-order valence-electron chi connectivity index (χ4n) is 2.64. The molecular weight excluding hydrogens is 300 g/mol. The maximum atomic E-state index is 12.7. The second kappa shape index (κ2) is 9.45. The number of benzene rings is 1. The van der Waals surface area contributed by atoms with Crippen molar-refractivity contribution < 1.29 is 9.59 Å². The SMILES string of the molecule is CCCCN(CCCC)C(=O)c1ccc(CNC(=O)C2CC2)cc1. The molecule has 1 aromatic rings. The zero-order chi connectivity index (χ0) is 17.4. The lowest BCUT2D eigenvalue weighted by Gasteiger charge is -2.22. The van der Waals surface area contributed by atoms with E-state index in [-0.39, 0.29) is 17.7 Å². The highest BCUT2D eigenvalue weighted by Crippen LogP contribution is 2.28. The molecule has 0 aromatic heterocycles. The summed E-state index contributed by atoms with van der Waals surface area (Å²) < 4.78 is 0. The summed E-state index contributed by atoms with van der Waals surface area (Å²) in [7, 11) is 0. The molecular formula is C20H30N2O2. The number of hydrogen-bond donors (Lipinski definition) is 1. The Morgan fingerprint density at radius 1 is 1.04 bits per heavy atom. The summed E-state index contributed by atoms with van der Waals surface area (Å²) in [6, 6.07) is 7.65. The van der Waals surface area contributed by atoms with E-state index in [1.165, 1.54) is 0 Å². The molecule has 4 nitrogen and oxygen atoms in total. The summed E-state index contributed by atoms with van der Waals surface area (Å²) in [5.41, 5.74) is 1.77. The minimum Gasteiger partial charge on any atom is -0.352 e. The van der Waals surface area contributed by atoms with E-state index in [0.717, 1.165) is 62.7 Å². The van der Waals surface area contributed by atoms with Crippen LogP contribution in [-0.4, -0.2) is 29.8 Å². The first-order valence-corrected chi connectivity index (χ1v) is 9.31. The van der Waals surface area contributed by atoms with Crippen molar-refractivity contribution in [1.29, 1.82) is 0 Å². The van der Waals surface area contributed by atoms with E-state index in [2.05, 4.69) is 19.2 Å². The molecule has 24 heavy (non-hydrogen) atoms. The summed E-state index contributed by atoms with van der Waals surface area (Å²) in [6.45, 7) is 6.49. The van der Waals surface area contributed by atoms with E-state index in [0.29, 0.717) is 6.54 Å². The van der Waals surface area contributed by atoms with Gasteiger partial charge in [-0.15, -0.1) is 0 Å². The van der Waals surface area contributed by atoms with Crippen LogP contribution in [0.25, 0.3) is 0 Å². The van der Waals surface area contributed by atoms with Gasteiger partial charge in [-0.3, -0.25) is 9.59 Å². The van der Waals surface area contributed by atoms with Gasteiger partial charge in [0.2, 0.25) is 5.91 Å². The molecule has 0 bridgehead atoms. The molecule has 0 aliphatic heterocycles. The Labute approximate surface area is 145 Å². The molecule has 1 aliphatic rings. The molecule has 0 saturated heterocycles. The molecule has 132 valence electrons. The van der Waals surface area contributed by atoms with Crippen molar-refractivity contribution in [3.63, 3.8) is 0 Å². The minimum absolute atomic E-state index is 0.116. The first-order chi connectivity index (χ1) is 11.7. The molecule has 2 amide bonds. The molecule has 0 spiro atoms.